The van der Waals surface area contributed by atoms with Gasteiger partial charge in [-0.2, -0.15) is 0 Å². The summed E-state index contributed by atoms with van der Waals surface area (Å²) in [5.41, 5.74) is 1.47. The van der Waals surface area contributed by atoms with Crippen LogP contribution in [0.15, 0.2) is 36.4 Å². The number of methoxy groups -OCH3 is 1. The van der Waals surface area contributed by atoms with E-state index in [-0.39, 0.29) is 17.5 Å². The van der Waals surface area contributed by atoms with Gasteiger partial charge in [-0.05, 0) is 36.8 Å². The first-order valence-corrected chi connectivity index (χ1v) is 6.50. The number of ether oxygens (including phenoxy) is 1. The summed E-state index contributed by atoms with van der Waals surface area (Å²) in [4.78, 5) is 0. The minimum absolute atomic E-state index is 0.0189. The van der Waals surface area contributed by atoms with Gasteiger partial charge in [-0.15, -0.1) is 0 Å². The number of phenols is 2. The molecule has 1 atom stereocenters. The van der Waals surface area contributed by atoms with Crippen molar-refractivity contribution in [2.24, 2.45) is 0 Å². The molecule has 0 aliphatic carbocycles. The molecule has 0 fully saturated rings. The monoisotopic (exact) mass is 293 g/mol. The fourth-order valence-electron chi connectivity index (χ4n) is 1.93. The normalized spacial score (nSPS) is 11.9. The smallest absolute Gasteiger partial charge is 0.121 e. The number of nitrogens with one attached hydrogen (secondary N) is 1. The van der Waals surface area contributed by atoms with Crippen LogP contribution in [0.1, 0.15) is 18.5 Å². The van der Waals surface area contributed by atoms with Crippen molar-refractivity contribution in [3.05, 3.63) is 47.0 Å². The number of aromatic hydroxyl groups is 2. The van der Waals surface area contributed by atoms with E-state index < -0.39 is 0 Å². The van der Waals surface area contributed by atoms with Gasteiger partial charge in [0, 0.05) is 18.2 Å². The lowest BCUT2D eigenvalue weighted by Gasteiger charge is -2.18. The molecule has 0 saturated carbocycles. The summed E-state index contributed by atoms with van der Waals surface area (Å²) in [7, 11) is 1.59. The molecular formula is C15H16ClNO3. The van der Waals surface area contributed by atoms with E-state index in [0.717, 1.165) is 11.3 Å². The number of phenolic OH excluding ortho intramolecular Hbond substituents is 2. The van der Waals surface area contributed by atoms with E-state index in [0.29, 0.717) is 10.8 Å². The van der Waals surface area contributed by atoms with E-state index in [4.69, 9.17) is 16.3 Å². The lowest BCUT2D eigenvalue weighted by Crippen LogP contribution is -2.07. The van der Waals surface area contributed by atoms with E-state index in [2.05, 4.69) is 5.32 Å². The third-order valence-electron chi connectivity index (χ3n) is 2.97. The number of halogens is 1. The summed E-state index contributed by atoms with van der Waals surface area (Å²) < 4.78 is 5.16. The molecule has 0 heterocycles. The van der Waals surface area contributed by atoms with Gasteiger partial charge >= 0.3 is 0 Å². The van der Waals surface area contributed by atoms with Crippen molar-refractivity contribution < 1.29 is 14.9 Å². The minimum Gasteiger partial charge on any atom is -0.508 e. The Kier molecular flexibility index (Phi) is 4.25. The van der Waals surface area contributed by atoms with Crippen LogP contribution in [-0.4, -0.2) is 17.3 Å². The van der Waals surface area contributed by atoms with Gasteiger partial charge in [0.15, 0.2) is 0 Å². The molecule has 5 heteroatoms. The van der Waals surface area contributed by atoms with E-state index in [1.807, 2.05) is 6.92 Å². The van der Waals surface area contributed by atoms with Gasteiger partial charge in [0.25, 0.3) is 0 Å². The molecule has 3 N–H and O–H groups in total. The highest BCUT2D eigenvalue weighted by molar-refractivity contribution is 6.33. The van der Waals surface area contributed by atoms with Crippen molar-refractivity contribution in [3.8, 4) is 17.2 Å². The Bertz CT molecular complexity index is 596. The van der Waals surface area contributed by atoms with Crippen LogP contribution < -0.4 is 10.1 Å². The molecule has 2 aromatic carbocycles. The molecule has 1 unspecified atom stereocenters. The van der Waals surface area contributed by atoms with Gasteiger partial charge in [-0.1, -0.05) is 11.6 Å². The molecular weight excluding hydrogens is 278 g/mol. The number of anilines is 1. The van der Waals surface area contributed by atoms with E-state index in [1.165, 1.54) is 6.07 Å². The second-order valence-corrected chi connectivity index (χ2v) is 4.90. The van der Waals surface area contributed by atoms with Gasteiger partial charge in [0.05, 0.1) is 17.8 Å². The van der Waals surface area contributed by atoms with E-state index in [9.17, 15) is 10.2 Å². The third kappa shape index (κ3) is 3.27. The van der Waals surface area contributed by atoms with E-state index >= 15 is 0 Å². The van der Waals surface area contributed by atoms with Crippen LogP contribution in [0.3, 0.4) is 0 Å². The van der Waals surface area contributed by atoms with Crippen molar-refractivity contribution in [2.45, 2.75) is 13.0 Å². The second kappa shape index (κ2) is 5.92. The van der Waals surface area contributed by atoms with Crippen molar-refractivity contribution in [1.29, 1.82) is 0 Å². The summed E-state index contributed by atoms with van der Waals surface area (Å²) in [6.45, 7) is 1.91. The number of hydrogen-bond acceptors (Lipinski definition) is 4. The van der Waals surface area contributed by atoms with Gasteiger partial charge in [0.2, 0.25) is 0 Å². The van der Waals surface area contributed by atoms with Crippen molar-refractivity contribution in [3.63, 3.8) is 0 Å². The lowest BCUT2D eigenvalue weighted by molar-refractivity contribution is 0.415. The van der Waals surface area contributed by atoms with Crippen molar-refractivity contribution >= 4 is 17.3 Å². The van der Waals surface area contributed by atoms with Crippen molar-refractivity contribution in [2.75, 3.05) is 12.4 Å². The second-order valence-electron chi connectivity index (χ2n) is 4.49. The average Bonchev–Trinajstić information content (AvgIpc) is 2.40. The maximum atomic E-state index is 9.51. The Balaban J connectivity index is 2.24. The summed E-state index contributed by atoms with van der Waals surface area (Å²) in [6, 6.07) is 9.64. The first-order chi connectivity index (χ1) is 9.49. The molecule has 2 aromatic rings. The molecule has 0 saturated heterocycles. The highest BCUT2D eigenvalue weighted by Crippen LogP contribution is 2.31. The molecule has 0 bridgehead atoms. The zero-order chi connectivity index (χ0) is 14.7. The molecule has 106 valence electrons. The van der Waals surface area contributed by atoms with Crippen molar-refractivity contribution in [1.82, 2.24) is 0 Å². The van der Waals surface area contributed by atoms with Crippen LogP contribution in [-0.2, 0) is 0 Å². The summed E-state index contributed by atoms with van der Waals surface area (Å²) in [6.07, 6.45) is 0. The summed E-state index contributed by atoms with van der Waals surface area (Å²) in [5, 5.41) is 22.8. The van der Waals surface area contributed by atoms with Crippen LogP contribution in [0.5, 0.6) is 17.2 Å². The number of rotatable bonds is 4. The highest BCUT2D eigenvalue weighted by atomic mass is 35.5. The molecule has 0 spiro atoms. The van der Waals surface area contributed by atoms with Gasteiger partial charge in [-0.25, -0.2) is 0 Å². The third-order valence-corrected chi connectivity index (χ3v) is 3.30. The predicted molar refractivity (Wildman–Crippen MR) is 79.8 cm³/mol. The largest absolute Gasteiger partial charge is 0.508 e. The summed E-state index contributed by atoms with van der Waals surface area (Å²) >= 11 is 6.13. The maximum Gasteiger partial charge on any atom is 0.121 e. The van der Waals surface area contributed by atoms with Crippen LogP contribution in [0.4, 0.5) is 5.69 Å². The minimum atomic E-state index is -0.141. The Labute approximate surface area is 122 Å². The van der Waals surface area contributed by atoms with Crippen LogP contribution in [0.2, 0.25) is 5.02 Å². The molecule has 0 radical (unpaired) electrons. The van der Waals surface area contributed by atoms with Crippen LogP contribution in [0, 0.1) is 0 Å². The molecule has 0 aliphatic heterocycles. The molecule has 0 aliphatic rings. The Morgan fingerprint density at radius 2 is 1.75 bits per heavy atom. The zero-order valence-electron chi connectivity index (χ0n) is 11.2. The topological polar surface area (TPSA) is 61.7 Å². The SMILES string of the molecule is COc1ccc(Cl)c(NC(C)c2cc(O)cc(O)c2)c1. The van der Waals surface area contributed by atoms with Gasteiger partial charge < -0.3 is 20.3 Å². The van der Waals surface area contributed by atoms with Gasteiger partial charge in [-0.3, -0.25) is 0 Å². The molecule has 0 aromatic heterocycles. The standard InChI is InChI=1S/C15H16ClNO3/c1-9(10-5-11(18)7-12(19)6-10)17-15-8-13(20-2)3-4-14(15)16/h3-9,17-19H,1-2H3. The molecule has 20 heavy (non-hydrogen) atoms. The summed E-state index contributed by atoms with van der Waals surface area (Å²) in [5.74, 6) is 0.735. The zero-order valence-corrected chi connectivity index (χ0v) is 12.0. The fraction of sp³-hybridized carbons (Fsp3) is 0.200. The number of hydrogen-bond donors (Lipinski definition) is 3. The van der Waals surface area contributed by atoms with Crippen LogP contribution >= 0.6 is 11.6 Å². The Morgan fingerprint density at radius 3 is 2.35 bits per heavy atom. The molecule has 0 amide bonds. The Hall–Kier alpha value is -2.07. The lowest BCUT2D eigenvalue weighted by atomic mass is 10.1. The van der Waals surface area contributed by atoms with Gasteiger partial charge in [0.1, 0.15) is 17.2 Å². The van der Waals surface area contributed by atoms with E-state index in [1.54, 1.807) is 37.4 Å². The maximum absolute atomic E-state index is 9.51. The van der Waals surface area contributed by atoms with Crippen LogP contribution in [0.25, 0.3) is 0 Å². The molecule has 4 nitrogen and oxygen atoms in total. The first-order valence-electron chi connectivity index (χ1n) is 6.12. The average molecular weight is 294 g/mol. The number of benzene rings is 2. The predicted octanol–water partition coefficient (Wildman–Crippen LogP) is 3.93. The first kappa shape index (κ1) is 14.3. The Morgan fingerprint density at radius 1 is 1.10 bits per heavy atom. The fourth-order valence-corrected chi connectivity index (χ4v) is 2.10. The molecule has 2 rings (SSSR count). The quantitative estimate of drug-likeness (QED) is 0.799. The highest BCUT2D eigenvalue weighted by Gasteiger charge is 2.10.